The Balaban J connectivity index is 2.02. The summed E-state index contributed by atoms with van der Waals surface area (Å²) in [4.78, 5) is 27.8. The van der Waals surface area contributed by atoms with Gasteiger partial charge in [0.05, 0.1) is 18.7 Å². The Kier molecular flexibility index (Phi) is 6.75. The normalized spacial score (nSPS) is 17.1. The zero-order valence-electron chi connectivity index (χ0n) is 17.0. The number of rotatable bonds is 6. The average molecular weight is 412 g/mol. The number of allylic oxidation sites excluding steroid dienone is 1. The van der Waals surface area contributed by atoms with Crippen LogP contribution in [0.3, 0.4) is 0 Å². The van der Waals surface area contributed by atoms with E-state index in [0.29, 0.717) is 29.4 Å². The lowest BCUT2D eigenvalue weighted by atomic mass is 9.83. The van der Waals surface area contributed by atoms with E-state index in [1.165, 1.54) is 0 Å². The molecule has 0 aromatic heterocycles. The molecule has 3 rings (SSSR count). The largest absolute Gasteiger partial charge is 0.462 e. The van der Waals surface area contributed by atoms with E-state index in [0.717, 1.165) is 11.1 Å². The van der Waals surface area contributed by atoms with Crippen molar-refractivity contribution >= 4 is 23.5 Å². The second-order valence-corrected chi connectivity index (χ2v) is 8.14. The monoisotopic (exact) mass is 411 g/mol. The summed E-state index contributed by atoms with van der Waals surface area (Å²) in [6.45, 7) is 6.55. The first-order valence-electron chi connectivity index (χ1n) is 9.85. The second kappa shape index (κ2) is 9.27. The molecule has 0 aliphatic carbocycles. The number of amides is 1. The van der Waals surface area contributed by atoms with Crippen LogP contribution in [0.15, 0.2) is 65.9 Å². The molecule has 2 aromatic rings. The fourth-order valence-electron chi connectivity index (χ4n) is 3.58. The summed E-state index contributed by atoms with van der Waals surface area (Å²) in [5.41, 5.74) is 2.92. The van der Waals surface area contributed by atoms with Crippen molar-refractivity contribution in [2.75, 3.05) is 6.61 Å². The molecule has 152 valence electrons. The van der Waals surface area contributed by atoms with E-state index in [4.69, 9.17) is 16.3 Å². The highest BCUT2D eigenvalue weighted by Gasteiger charge is 2.37. The van der Waals surface area contributed by atoms with Gasteiger partial charge in [0.25, 0.3) is 0 Å². The molecule has 0 bridgehead atoms. The van der Waals surface area contributed by atoms with Crippen molar-refractivity contribution in [3.05, 3.63) is 82.0 Å². The summed E-state index contributed by atoms with van der Waals surface area (Å²) in [6, 6.07) is 17.1. The molecule has 1 aliphatic rings. The number of ether oxygens (including phenoxy) is 1. The van der Waals surface area contributed by atoms with Gasteiger partial charge in [0, 0.05) is 23.1 Å². The minimum absolute atomic E-state index is 0.0308. The fraction of sp³-hybridized carbons (Fsp3) is 0.333. The van der Waals surface area contributed by atoms with Crippen LogP contribution in [0.25, 0.3) is 0 Å². The lowest BCUT2D eigenvalue weighted by molar-refractivity contribution is -0.141. The van der Waals surface area contributed by atoms with Crippen LogP contribution in [0.1, 0.15) is 44.2 Å². The van der Waals surface area contributed by atoms with Gasteiger partial charge in [0.15, 0.2) is 0 Å². The summed E-state index contributed by atoms with van der Waals surface area (Å²) < 4.78 is 5.56. The lowest BCUT2D eigenvalue weighted by Gasteiger charge is -2.35. The maximum atomic E-state index is 13.1. The van der Waals surface area contributed by atoms with E-state index in [1.54, 1.807) is 11.0 Å². The molecule has 5 heteroatoms. The summed E-state index contributed by atoms with van der Waals surface area (Å²) in [5, 5.41) is 0.545. The van der Waals surface area contributed by atoms with Crippen LogP contribution in [0.5, 0.6) is 0 Å². The molecule has 0 radical (unpaired) electrons. The molecule has 0 fully saturated rings. The Labute approximate surface area is 177 Å². The predicted molar refractivity (Wildman–Crippen MR) is 114 cm³/mol. The van der Waals surface area contributed by atoms with Gasteiger partial charge in [-0.05, 0) is 30.0 Å². The van der Waals surface area contributed by atoms with Crippen molar-refractivity contribution in [3.63, 3.8) is 0 Å². The third-order valence-electron chi connectivity index (χ3n) is 5.05. The minimum atomic E-state index is -0.414. The standard InChI is InChI=1S/C24H26ClNO3/c1-16(2)15-29-24(28)23-17(3)26(14-18-9-5-4-6-10-18)22(27)13-20(23)19-11-7-8-12-21(19)25/h4-12,16,20H,13-15H2,1-3H3/t20-/m1/s1. The summed E-state index contributed by atoms with van der Waals surface area (Å²) in [6.07, 6.45) is 0.181. The van der Waals surface area contributed by atoms with Crippen molar-refractivity contribution in [2.24, 2.45) is 5.92 Å². The SMILES string of the molecule is CC1=C(C(=O)OCC(C)C)[C@@H](c2ccccc2Cl)CC(=O)N1Cc1ccccc1. The van der Waals surface area contributed by atoms with Gasteiger partial charge in [-0.15, -0.1) is 0 Å². The molecule has 2 aromatic carbocycles. The van der Waals surface area contributed by atoms with Crippen molar-refractivity contribution in [1.29, 1.82) is 0 Å². The van der Waals surface area contributed by atoms with Crippen LogP contribution in [0.2, 0.25) is 5.02 Å². The maximum absolute atomic E-state index is 13.1. The molecule has 4 nitrogen and oxygen atoms in total. The molecule has 1 atom stereocenters. The second-order valence-electron chi connectivity index (χ2n) is 7.74. The molecule has 0 N–H and O–H groups in total. The smallest absolute Gasteiger partial charge is 0.336 e. The Hall–Kier alpha value is -2.59. The first kappa shape index (κ1) is 21.1. The number of hydrogen-bond donors (Lipinski definition) is 0. The van der Waals surface area contributed by atoms with Gasteiger partial charge in [-0.1, -0.05) is 74.0 Å². The molecule has 0 saturated heterocycles. The molecular formula is C24H26ClNO3. The summed E-state index contributed by atoms with van der Waals surface area (Å²) in [7, 11) is 0. The van der Waals surface area contributed by atoms with E-state index in [1.807, 2.05) is 69.3 Å². The lowest BCUT2D eigenvalue weighted by Crippen LogP contribution is -2.38. The van der Waals surface area contributed by atoms with E-state index >= 15 is 0 Å². The van der Waals surface area contributed by atoms with Gasteiger partial charge in [-0.3, -0.25) is 4.79 Å². The van der Waals surface area contributed by atoms with Gasteiger partial charge >= 0.3 is 5.97 Å². The van der Waals surface area contributed by atoms with Crippen LogP contribution in [0, 0.1) is 5.92 Å². The van der Waals surface area contributed by atoms with E-state index in [-0.39, 0.29) is 24.2 Å². The number of carbonyl (C=O) groups is 2. The molecule has 0 saturated carbocycles. The number of benzene rings is 2. The number of esters is 1. The molecule has 29 heavy (non-hydrogen) atoms. The van der Waals surface area contributed by atoms with Gasteiger partial charge in [-0.2, -0.15) is 0 Å². The fourth-order valence-corrected chi connectivity index (χ4v) is 3.84. The third-order valence-corrected chi connectivity index (χ3v) is 5.40. The predicted octanol–water partition coefficient (Wildman–Crippen LogP) is 5.33. The zero-order valence-corrected chi connectivity index (χ0v) is 17.8. The van der Waals surface area contributed by atoms with Gasteiger partial charge < -0.3 is 9.64 Å². The van der Waals surface area contributed by atoms with E-state index in [9.17, 15) is 9.59 Å². The summed E-state index contributed by atoms with van der Waals surface area (Å²) in [5.74, 6) is -0.601. The number of carbonyl (C=O) groups excluding carboxylic acids is 2. The zero-order chi connectivity index (χ0) is 21.0. The summed E-state index contributed by atoms with van der Waals surface area (Å²) >= 11 is 6.42. The molecule has 1 heterocycles. The number of hydrogen-bond acceptors (Lipinski definition) is 3. The van der Waals surface area contributed by atoms with Crippen LogP contribution in [0.4, 0.5) is 0 Å². The van der Waals surface area contributed by atoms with Crippen molar-refractivity contribution in [1.82, 2.24) is 4.90 Å². The van der Waals surface area contributed by atoms with Crippen LogP contribution >= 0.6 is 11.6 Å². The topological polar surface area (TPSA) is 46.6 Å². The Morgan fingerprint density at radius 3 is 2.45 bits per heavy atom. The number of nitrogens with zero attached hydrogens (tertiary/aromatic N) is 1. The minimum Gasteiger partial charge on any atom is -0.462 e. The van der Waals surface area contributed by atoms with Gasteiger partial charge in [0.1, 0.15) is 0 Å². The first-order chi connectivity index (χ1) is 13.9. The van der Waals surface area contributed by atoms with Crippen molar-refractivity contribution in [2.45, 2.75) is 39.7 Å². The highest BCUT2D eigenvalue weighted by Crippen LogP contribution is 2.40. The highest BCUT2D eigenvalue weighted by molar-refractivity contribution is 6.31. The van der Waals surface area contributed by atoms with Gasteiger partial charge in [0.2, 0.25) is 5.91 Å². The Bertz CT molecular complexity index is 921. The quantitative estimate of drug-likeness (QED) is 0.603. The van der Waals surface area contributed by atoms with E-state index < -0.39 is 5.92 Å². The molecule has 0 spiro atoms. The number of halogens is 1. The maximum Gasteiger partial charge on any atom is 0.336 e. The van der Waals surface area contributed by atoms with Crippen LogP contribution in [-0.4, -0.2) is 23.4 Å². The van der Waals surface area contributed by atoms with Crippen LogP contribution in [-0.2, 0) is 20.9 Å². The molecule has 1 aliphatic heterocycles. The van der Waals surface area contributed by atoms with Crippen LogP contribution < -0.4 is 0 Å². The first-order valence-corrected chi connectivity index (χ1v) is 10.2. The molecular weight excluding hydrogens is 386 g/mol. The van der Waals surface area contributed by atoms with E-state index in [2.05, 4.69) is 0 Å². The molecule has 1 amide bonds. The average Bonchev–Trinajstić information content (AvgIpc) is 2.70. The Morgan fingerprint density at radius 1 is 1.14 bits per heavy atom. The highest BCUT2D eigenvalue weighted by atomic mass is 35.5. The molecule has 0 unspecified atom stereocenters. The van der Waals surface area contributed by atoms with Crippen molar-refractivity contribution in [3.8, 4) is 0 Å². The van der Waals surface area contributed by atoms with Gasteiger partial charge in [-0.25, -0.2) is 4.79 Å². The Morgan fingerprint density at radius 2 is 1.79 bits per heavy atom. The third kappa shape index (κ3) is 4.88. The van der Waals surface area contributed by atoms with Crippen molar-refractivity contribution < 1.29 is 14.3 Å².